The maximum atomic E-state index is 11.8. The minimum Gasteiger partial charge on any atom is -0.394 e. The molecule has 7 nitrogen and oxygen atoms in total. The van der Waals surface area contributed by atoms with Gasteiger partial charge in [0.1, 0.15) is 11.9 Å². The first kappa shape index (κ1) is 13.2. The molecule has 20 heavy (non-hydrogen) atoms. The Bertz CT molecular complexity index is 692. The van der Waals surface area contributed by atoms with E-state index in [-0.39, 0.29) is 18.1 Å². The van der Waals surface area contributed by atoms with Crippen LogP contribution in [-0.4, -0.2) is 39.0 Å². The van der Waals surface area contributed by atoms with Crippen LogP contribution in [-0.2, 0) is 4.74 Å². The first-order valence-corrected chi connectivity index (χ1v) is 6.47. The summed E-state index contributed by atoms with van der Waals surface area (Å²) in [6.45, 7) is 1.66. The fraction of sp³-hybridized carbons (Fsp3) is 0.462. The Morgan fingerprint density at radius 1 is 1.50 bits per heavy atom. The van der Waals surface area contributed by atoms with Gasteiger partial charge < -0.3 is 30.7 Å². The van der Waals surface area contributed by atoms with Crippen molar-refractivity contribution in [2.45, 2.75) is 25.2 Å². The van der Waals surface area contributed by atoms with Crippen molar-refractivity contribution in [3.8, 4) is 0 Å². The molecule has 108 valence electrons. The van der Waals surface area contributed by atoms with Crippen molar-refractivity contribution < 1.29 is 14.9 Å². The lowest BCUT2D eigenvalue weighted by atomic mass is 9.95. The number of nitrogen functional groups attached to an aromatic ring is 1. The summed E-state index contributed by atoms with van der Waals surface area (Å²) in [6.07, 6.45) is -0.282. The number of rotatable bonds is 2. The van der Waals surface area contributed by atoms with Crippen LogP contribution in [0.2, 0.25) is 0 Å². The van der Waals surface area contributed by atoms with Gasteiger partial charge in [-0.1, -0.05) is 6.92 Å². The number of aromatic amines is 2. The van der Waals surface area contributed by atoms with E-state index in [1.807, 2.05) is 6.92 Å². The van der Waals surface area contributed by atoms with Crippen LogP contribution in [0.25, 0.3) is 10.9 Å². The highest BCUT2D eigenvalue weighted by Crippen LogP contribution is 2.38. The zero-order valence-electron chi connectivity index (χ0n) is 11.0. The third-order valence-electron chi connectivity index (χ3n) is 3.97. The van der Waals surface area contributed by atoms with Gasteiger partial charge in [-0.15, -0.1) is 0 Å². The fourth-order valence-corrected chi connectivity index (χ4v) is 2.75. The molecular weight excluding hydrogens is 262 g/mol. The standard InChI is InChI=1S/C13H17N3O4/c1-5-8(4-17)20-12(11(5)18)7-3-15-13(19)6-2-9(14)16-10(6)7/h2-3,5,8,11-12,16-18H,4,14H2,1H3,(H,15,19)/t5-,8-,11-,12+/m1/s1. The molecular formula is C13H17N3O4. The Kier molecular flexibility index (Phi) is 3.04. The highest BCUT2D eigenvalue weighted by molar-refractivity contribution is 5.85. The van der Waals surface area contributed by atoms with Gasteiger partial charge in [0.05, 0.1) is 29.7 Å². The predicted octanol–water partition coefficient (Wildman–Crippen LogP) is -0.132. The number of anilines is 1. The molecule has 0 radical (unpaired) electrons. The average Bonchev–Trinajstić information content (AvgIpc) is 2.94. The number of hydrogen-bond acceptors (Lipinski definition) is 5. The van der Waals surface area contributed by atoms with Gasteiger partial charge in [-0.3, -0.25) is 4.79 Å². The van der Waals surface area contributed by atoms with Crippen molar-refractivity contribution in [1.82, 2.24) is 9.97 Å². The van der Waals surface area contributed by atoms with E-state index in [2.05, 4.69) is 9.97 Å². The summed E-state index contributed by atoms with van der Waals surface area (Å²) in [5.41, 5.74) is 6.62. The molecule has 3 heterocycles. The van der Waals surface area contributed by atoms with Crippen molar-refractivity contribution >= 4 is 16.7 Å². The van der Waals surface area contributed by atoms with Gasteiger partial charge in [0, 0.05) is 17.7 Å². The molecule has 1 aliphatic rings. The third-order valence-corrected chi connectivity index (χ3v) is 3.97. The van der Waals surface area contributed by atoms with Gasteiger partial charge in [-0.05, 0) is 6.07 Å². The van der Waals surface area contributed by atoms with E-state index >= 15 is 0 Å². The summed E-state index contributed by atoms with van der Waals surface area (Å²) >= 11 is 0. The van der Waals surface area contributed by atoms with Crippen LogP contribution in [0, 0.1) is 5.92 Å². The molecule has 0 aromatic carbocycles. The Balaban J connectivity index is 2.11. The molecule has 6 N–H and O–H groups in total. The van der Waals surface area contributed by atoms with Gasteiger partial charge in [-0.2, -0.15) is 0 Å². The summed E-state index contributed by atoms with van der Waals surface area (Å²) in [5, 5.41) is 20.0. The second kappa shape index (κ2) is 4.62. The topological polar surface area (TPSA) is 124 Å². The molecule has 4 atom stereocenters. The lowest BCUT2D eigenvalue weighted by Crippen LogP contribution is -2.24. The summed E-state index contributed by atoms with van der Waals surface area (Å²) < 4.78 is 5.70. The molecule has 2 aromatic rings. The van der Waals surface area contributed by atoms with Crippen LogP contribution in [0.1, 0.15) is 18.6 Å². The SMILES string of the molecule is C[C@H]1[C@@H](O)[C@H](c2c[nH]c(=O)c3cc(N)[nH]c23)O[C@@H]1CO. The lowest BCUT2D eigenvalue weighted by Gasteiger charge is -2.16. The minimum absolute atomic E-state index is 0.159. The summed E-state index contributed by atoms with van der Waals surface area (Å²) in [7, 11) is 0. The van der Waals surface area contributed by atoms with E-state index < -0.39 is 18.3 Å². The van der Waals surface area contributed by atoms with Gasteiger partial charge >= 0.3 is 0 Å². The Labute approximate surface area is 114 Å². The van der Waals surface area contributed by atoms with Gasteiger partial charge in [0.25, 0.3) is 5.56 Å². The first-order chi connectivity index (χ1) is 9.52. The molecule has 1 saturated heterocycles. The monoisotopic (exact) mass is 279 g/mol. The number of ether oxygens (including phenoxy) is 1. The van der Waals surface area contributed by atoms with Crippen molar-refractivity contribution in [3.63, 3.8) is 0 Å². The van der Waals surface area contributed by atoms with E-state index in [0.717, 1.165) is 0 Å². The predicted molar refractivity (Wildman–Crippen MR) is 73.2 cm³/mol. The molecule has 0 spiro atoms. The van der Waals surface area contributed by atoms with Crippen LogP contribution in [0.3, 0.4) is 0 Å². The molecule has 7 heteroatoms. The summed E-state index contributed by atoms with van der Waals surface area (Å²) in [6, 6.07) is 1.55. The van der Waals surface area contributed by atoms with Crippen LogP contribution < -0.4 is 11.3 Å². The number of nitrogens with one attached hydrogen (secondary N) is 2. The average molecular weight is 279 g/mol. The van der Waals surface area contributed by atoms with Gasteiger partial charge in [0.2, 0.25) is 0 Å². The zero-order chi connectivity index (χ0) is 14.4. The molecule has 3 rings (SSSR count). The lowest BCUT2D eigenvalue weighted by molar-refractivity contribution is -0.0119. The van der Waals surface area contributed by atoms with Gasteiger partial charge in [0.15, 0.2) is 0 Å². The zero-order valence-corrected chi connectivity index (χ0v) is 11.0. The minimum atomic E-state index is -0.759. The Morgan fingerprint density at radius 2 is 2.25 bits per heavy atom. The Morgan fingerprint density at radius 3 is 2.90 bits per heavy atom. The summed E-state index contributed by atoms with van der Waals surface area (Å²) in [5.74, 6) is 0.177. The molecule has 0 saturated carbocycles. The fourth-order valence-electron chi connectivity index (χ4n) is 2.75. The number of hydrogen-bond donors (Lipinski definition) is 5. The highest BCUT2D eigenvalue weighted by atomic mass is 16.5. The molecule has 1 aliphatic heterocycles. The van der Waals surface area contributed by atoms with E-state index in [0.29, 0.717) is 22.3 Å². The van der Waals surface area contributed by atoms with E-state index in [9.17, 15) is 15.0 Å². The molecule has 0 aliphatic carbocycles. The second-order valence-corrected chi connectivity index (χ2v) is 5.21. The van der Waals surface area contributed by atoms with Gasteiger partial charge in [-0.25, -0.2) is 0 Å². The molecule has 2 aromatic heterocycles. The molecule has 0 amide bonds. The number of pyridine rings is 1. The summed E-state index contributed by atoms with van der Waals surface area (Å²) in [4.78, 5) is 17.3. The van der Waals surface area contributed by atoms with E-state index in [1.54, 1.807) is 6.07 Å². The highest BCUT2D eigenvalue weighted by Gasteiger charge is 2.42. The number of aromatic nitrogens is 2. The van der Waals surface area contributed by atoms with Crippen LogP contribution in [0.4, 0.5) is 5.82 Å². The van der Waals surface area contributed by atoms with Crippen molar-refractivity contribution in [2.75, 3.05) is 12.3 Å². The first-order valence-electron chi connectivity index (χ1n) is 6.47. The molecule has 0 bridgehead atoms. The quantitative estimate of drug-likeness (QED) is 0.523. The van der Waals surface area contributed by atoms with E-state index in [4.69, 9.17) is 10.5 Å². The smallest absolute Gasteiger partial charge is 0.257 e. The third kappa shape index (κ3) is 1.82. The number of H-pyrrole nitrogens is 2. The Hall–Kier alpha value is -1.83. The van der Waals surface area contributed by atoms with Crippen molar-refractivity contribution in [1.29, 1.82) is 0 Å². The molecule has 0 unspecified atom stereocenters. The number of fused-ring (bicyclic) bond motifs is 1. The number of aliphatic hydroxyl groups excluding tert-OH is 2. The van der Waals surface area contributed by atoms with Crippen LogP contribution in [0.5, 0.6) is 0 Å². The number of nitrogens with two attached hydrogens (primary N) is 1. The molecule has 1 fully saturated rings. The maximum Gasteiger partial charge on any atom is 0.257 e. The van der Waals surface area contributed by atoms with E-state index in [1.165, 1.54) is 6.20 Å². The van der Waals surface area contributed by atoms with Crippen LogP contribution in [0.15, 0.2) is 17.1 Å². The van der Waals surface area contributed by atoms with Crippen LogP contribution >= 0.6 is 0 Å². The van der Waals surface area contributed by atoms with Crippen molar-refractivity contribution in [2.24, 2.45) is 5.92 Å². The largest absolute Gasteiger partial charge is 0.394 e. The normalized spacial score (nSPS) is 30.1. The maximum absolute atomic E-state index is 11.8. The second-order valence-electron chi connectivity index (χ2n) is 5.21. The van der Waals surface area contributed by atoms with Crippen molar-refractivity contribution in [3.05, 3.63) is 28.2 Å². The number of aliphatic hydroxyl groups is 2.